The van der Waals surface area contributed by atoms with E-state index in [0.717, 1.165) is 58.4 Å². The summed E-state index contributed by atoms with van der Waals surface area (Å²) in [7, 11) is 0. The maximum atomic E-state index is 5.96. The van der Waals surface area contributed by atoms with Crippen LogP contribution in [-0.4, -0.2) is 51.8 Å². The van der Waals surface area contributed by atoms with Crippen molar-refractivity contribution in [1.82, 2.24) is 0 Å². The molecule has 5 heteroatoms. The monoisotopic (exact) mass is 534 g/mol. The van der Waals surface area contributed by atoms with E-state index in [4.69, 9.17) is 23.7 Å². The van der Waals surface area contributed by atoms with E-state index in [1.807, 2.05) is 0 Å². The van der Waals surface area contributed by atoms with Gasteiger partial charge in [-0.05, 0) is 60.3 Å². The minimum Gasteiger partial charge on any atom is -0.380 e. The van der Waals surface area contributed by atoms with Crippen molar-refractivity contribution < 1.29 is 23.7 Å². The van der Waals surface area contributed by atoms with Gasteiger partial charge in [0.25, 0.3) is 0 Å². The SMILES string of the molecule is C=CC1CCC2OC2C1.CCC1(COCc2ccc(-c3ccc(COCC4(CC)COC4)cc3)cc2)COC1. The Morgan fingerprint density at radius 1 is 0.744 bits per heavy atom. The number of rotatable bonds is 12. The van der Waals surface area contributed by atoms with Gasteiger partial charge >= 0.3 is 0 Å². The summed E-state index contributed by atoms with van der Waals surface area (Å²) in [5.74, 6) is 0.744. The highest BCUT2D eigenvalue weighted by atomic mass is 16.6. The topological polar surface area (TPSA) is 49.5 Å². The van der Waals surface area contributed by atoms with Gasteiger partial charge in [-0.1, -0.05) is 68.5 Å². The summed E-state index contributed by atoms with van der Waals surface area (Å²) in [5, 5.41) is 0. The summed E-state index contributed by atoms with van der Waals surface area (Å²) in [6.07, 6.45) is 9.34. The van der Waals surface area contributed by atoms with Crippen LogP contribution < -0.4 is 0 Å². The highest BCUT2D eigenvalue weighted by Crippen LogP contribution is 2.39. The van der Waals surface area contributed by atoms with Crippen LogP contribution in [0.5, 0.6) is 0 Å². The van der Waals surface area contributed by atoms with E-state index in [1.165, 1.54) is 41.5 Å². The van der Waals surface area contributed by atoms with E-state index < -0.39 is 0 Å². The summed E-state index contributed by atoms with van der Waals surface area (Å²) < 4.78 is 28.0. The van der Waals surface area contributed by atoms with Crippen LogP contribution in [-0.2, 0) is 36.9 Å². The van der Waals surface area contributed by atoms with Crippen LogP contribution in [0.25, 0.3) is 11.1 Å². The average molecular weight is 535 g/mol. The van der Waals surface area contributed by atoms with Crippen molar-refractivity contribution >= 4 is 0 Å². The second kappa shape index (κ2) is 13.1. The zero-order chi connectivity index (χ0) is 27.1. The normalized spacial score (nSPS) is 25.7. The van der Waals surface area contributed by atoms with Crippen LogP contribution >= 0.6 is 0 Å². The van der Waals surface area contributed by atoms with Crippen LogP contribution in [0.1, 0.15) is 57.1 Å². The van der Waals surface area contributed by atoms with E-state index in [-0.39, 0.29) is 10.8 Å². The molecule has 6 rings (SSSR count). The quantitative estimate of drug-likeness (QED) is 0.217. The Hall–Kier alpha value is -2.02. The van der Waals surface area contributed by atoms with Gasteiger partial charge in [-0.25, -0.2) is 0 Å². The molecule has 3 heterocycles. The van der Waals surface area contributed by atoms with Crippen molar-refractivity contribution in [2.75, 3.05) is 39.6 Å². The molecule has 5 nitrogen and oxygen atoms in total. The fourth-order valence-corrected chi connectivity index (χ4v) is 5.57. The highest BCUT2D eigenvalue weighted by Gasteiger charge is 2.43. The molecule has 212 valence electrons. The molecule has 4 fully saturated rings. The van der Waals surface area contributed by atoms with Gasteiger partial charge < -0.3 is 23.7 Å². The molecule has 1 aliphatic carbocycles. The first-order valence-corrected chi connectivity index (χ1v) is 14.8. The van der Waals surface area contributed by atoms with E-state index in [0.29, 0.717) is 25.4 Å². The molecule has 2 aromatic carbocycles. The molecule has 0 spiro atoms. The van der Waals surface area contributed by atoms with Gasteiger partial charge in [-0.15, -0.1) is 6.58 Å². The van der Waals surface area contributed by atoms with Crippen molar-refractivity contribution in [3.63, 3.8) is 0 Å². The number of fused-ring (bicyclic) bond motifs is 1. The second-order valence-corrected chi connectivity index (χ2v) is 12.1. The summed E-state index contributed by atoms with van der Waals surface area (Å²) >= 11 is 0. The second-order valence-electron chi connectivity index (χ2n) is 12.1. The molecule has 3 atom stereocenters. The van der Waals surface area contributed by atoms with Crippen LogP contribution in [0, 0.1) is 16.7 Å². The Bertz CT molecular complexity index is 958. The molecule has 0 amide bonds. The third-order valence-electron chi connectivity index (χ3n) is 9.11. The Morgan fingerprint density at radius 2 is 1.23 bits per heavy atom. The van der Waals surface area contributed by atoms with Gasteiger partial charge in [0.1, 0.15) is 0 Å². The fraction of sp³-hybridized carbons (Fsp3) is 0.588. The number of allylic oxidation sites excluding steroid dienone is 1. The average Bonchev–Trinajstić information content (AvgIpc) is 3.72. The van der Waals surface area contributed by atoms with Crippen molar-refractivity contribution in [2.45, 2.75) is 71.4 Å². The molecule has 2 aromatic rings. The van der Waals surface area contributed by atoms with Crippen LogP contribution in [0.3, 0.4) is 0 Å². The van der Waals surface area contributed by atoms with Gasteiger partial charge in [0, 0.05) is 10.8 Å². The van der Waals surface area contributed by atoms with Crippen molar-refractivity contribution in [3.8, 4) is 11.1 Å². The van der Waals surface area contributed by atoms with Gasteiger partial charge in [0.2, 0.25) is 0 Å². The maximum absolute atomic E-state index is 5.96. The third kappa shape index (κ3) is 7.39. The maximum Gasteiger partial charge on any atom is 0.0847 e. The van der Waals surface area contributed by atoms with E-state index in [1.54, 1.807) is 0 Å². The van der Waals surface area contributed by atoms with Gasteiger partial charge in [0.15, 0.2) is 0 Å². The Labute approximate surface area is 234 Å². The lowest BCUT2D eigenvalue weighted by molar-refractivity contribution is -0.152. The summed E-state index contributed by atoms with van der Waals surface area (Å²) in [6.45, 7) is 14.4. The highest BCUT2D eigenvalue weighted by molar-refractivity contribution is 5.63. The van der Waals surface area contributed by atoms with Crippen LogP contribution in [0.2, 0.25) is 0 Å². The largest absolute Gasteiger partial charge is 0.380 e. The number of epoxide rings is 1. The van der Waals surface area contributed by atoms with Gasteiger partial charge in [-0.3, -0.25) is 0 Å². The number of hydrogen-bond acceptors (Lipinski definition) is 5. The lowest BCUT2D eigenvalue weighted by atomic mass is 9.84. The molecular weight excluding hydrogens is 488 g/mol. The van der Waals surface area contributed by atoms with Crippen molar-refractivity contribution in [1.29, 1.82) is 0 Å². The first kappa shape index (κ1) is 28.5. The molecule has 4 aliphatic rings. The molecule has 0 aromatic heterocycles. The van der Waals surface area contributed by atoms with Gasteiger partial charge in [-0.2, -0.15) is 0 Å². The summed E-state index contributed by atoms with van der Waals surface area (Å²) in [4.78, 5) is 0. The van der Waals surface area contributed by atoms with Gasteiger partial charge in [0.05, 0.1) is 65.1 Å². The van der Waals surface area contributed by atoms with Crippen LogP contribution in [0.15, 0.2) is 61.2 Å². The van der Waals surface area contributed by atoms with E-state index in [9.17, 15) is 0 Å². The van der Waals surface area contributed by atoms with Crippen molar-refractivity contribution in [3.05, 3.63) is 72.3 Å². The zero-order valence-electron chi connectivity index (χ0n) is 23.9. The van der Waals surface area contributed by atoms with Crippen LogP contribution in [0.4, 0.5) is 0 Å². The molecule has 1 saturated carbocycles. The standard InChI is InChI=1S/C26H34O4.C8H12O/c1-3-25(17-29-18-25)15-27-13-21-5-9-23(10-6-21)24-11-7-22(8-12-24)14-28-16-26(4-2)19-30-20-26;1-2-6-3-4-7-8(5-6)9-7/h5-12H,3-4,13-20H2,1-2H3;2,6-8H,1,3-5H2. The Balaban J connectivity index is 0.000000287. The summed E-state index contributed by atoms with van der Waals surface area (Å²) in [5.41, 5.74) is 5.35. The molecule has 3 unspecified atom stereocenters. The lowest BCUT2D eigenvalue weighted by Crippen LogP contribution is -2.45. The first-order valence-electron chi connectivity index (χ1n) is 14.8. The molecule has 39 heavy (non-hydrogen) atoms. The van der Waals surface area contributed by atoms with Crippen molar-refractivity contribution in [2.24, 2.45) is 16.7 Å². The third-order valence-corrected chi connectivity index (χ3v) is 9.11. The smallest absolute Gasteiger partial charge is 0.0847 e. The predicted molar refractivity (Wildman–Crippen MR) is 154 cm³/mol. The molecule has 0 radical (unpaired) electrons. The number of ether oxygens (including phenoxy) is 5. The Kier molecular flexibility index (Phi) is 9.57. The minimum absolute atomic E-state index is 0.244. The number of benzene rings is 2. The molecule has 3 aliphatic heterocycles. The molecule has 3 saturated heterocycles. The first-order chi connectivity index (χ1) is 19.1. The lowest BCUT2D eigenvalue weighted by Gasteiger charge is -2.40. The molecule has 0 bridgehead atoms. The zero-order valence-corrected chi connectivity index (χ0v) is 23.9. The predicted octanol–water partition coefficient (Wildman–Crippen LogP) is 6.98. The van der Waals surface area contributed by atoms with E-state index in [2.05, 4.69) is 75.0 Å². The summed E-state index contributed by atoms with van der Waals surface area (Å²) in [6, 6.07) is 17.3. The molecular formula is C34H46O5. The van der Waals surface area contributed by atoms with E-state index >= 15 is 0 Å². The minimum atomic E-state index is 0.244. The number of hydrogen-bond donors (Lipinski definition) is 0. The fourth-order valence-electron chi connectivity index (χ4n) is 5.57. The molecule has 0 N–H and O–H groups in total. The Morgan fingerprint density at radius 3 is 1.59 bits per heavy atom.